The lowest BCUT2D eigenvalue weighted by atomic mass is 10.1. The van der Waals surface area contributed by atoms with Crippen molar-refractivity contribution in [1.82, 2.24) is 5.32 Å². The van der Waals surface area contributed by atoms with Gasteiger partial charge in [0.1, 0.15) is 0 Å². The van der Waals surface area contributed by atoms with E-state index in [9.17, 15) is 4.79 Å². The van der Waals surface area contributed by atoms with E-state index >= 15 is 0 Å². The van der Waals surface area contributed by atoms with E-state index in [-0.39, 0.29) is 5.91 Å². The molecule has 0 spiro atoms. The number of nitrogens with one attached hydrogen (secondary N) is 1. The summed E-state index contributed by atoms with van der Waals surface area (Å²) in [5.74, 6) is -0.0569. The van der Waals surface area contributed by atoms with Crippen LogP contribution in [0.1, 0.15) is 12.0 Å². The minimum absolute atomic E-state index is 0.0569. The van der Waals surface area contributed by atoms with Crippen LogP contribution in [0.4, 0.5) is 0 Å². The number of thiocarbonyl (C=S) groups is 1. The number of hydrogen-bond donors (Lipinski definition) is 2. The van der Waals surface area contributed by atoms with E-state index in [4.69, 9.17) is 29.6 Å². The number of rotatable bonds is 5. The summed E-state index contributed by atoms with van der Waals surface area (Å²) in [7, 11) is 0. The number of hydrogen-bond acceptors (Lipinski definition) is 2. The van der Waals surface area contributed by atoms with Gasteiger partial charge in [-0.1, -0.05) is 36.0 Å². The zero-order chi connectivity index (χ0) is 12.0. The number of nitrogens with two attached hydrogens (primary N) is 1. The Morgan fingerprint density at radius 3 is 2.88 bits per heavy atom. The van der Waals surface area contributed by atoms with Gasteiger partial charge < -0.3 is 11.1 Å². The highest BCUT2D eigenvalue weighted by molar-refractivity contribution is 7.80. The van der Waals surface area contributed by atoms with Gasteiger partial charge >= 0.3 is 0 Å². The number of benzene rings is 1. The fourth-order valence-electron chi connectivity index (χ4n) is 1.22. The Bertz CT molecular complexity index is 395. The highest BCUT2D eigenvalue weighted by Gasteiger charge is 2.03. The van der Waals surface area contributed by atoms with Gasteiger partial charge in [-0.2, -0.15) is 0 Å². The molecule has 0 bridgehead atoms. The largest absolute Gasteiger partial charge is 0.393 e. The van der Waals surface area contributed by atoms with Crippen LogP contribution in [0.3, 0.4) is 0 Å². The second kappa shape index (κ2) is 6.45. The Morgan fingerprint density at radius 2 is 2.25 bits per heavy atom. The summed E-state index contributed by atoms with van der Waals surface area (Å²) in [6.45, 7) is 0.481. The first kappa shape index (κ1) is 12.9. The van der Waals surface area contributed by atoms with E-state index in [0.29, 0.717) is 29.4 Å². The quantitative estimate of drug-likeness (QED) is 0.788. The molecule has 0 atom stereocenters. The van der Waals surface area contributed by atoms with Crippen LogP contribution in [-0.2, 0) is 11.2 Å². The van der Waals surface area contributed by atoms with Gasteiger partial charge in [0, 0.05) is 18.0 Å². The molecule has 1 amide bonds. The lowest BCUT2D eigenvalue weighted by Crippen LogP contribution is -2.28. The number of halogens is 1. The molecule has 0 aliphatic carbocycles. The predicted octanol–water partition coefficient (Wildman–Crippen LogP) is 1.67. The fraction of sp³-hybridized carbons (Fsp3) is 0.273. The molecule has 0 radical (unpaired) electrons. The van der Waals surface area contributed by atoms with E-state index < -0.39 is 0 Å². The average molecular weight is 257 g/mol. The molecular formula is C11H13ClN2OS. The van der Waals surface area contributed by atoms with Gasteiger partial charge in [0.05, 0.1) is 11.4 Å². The highest BCUT2D eigenvalue weighted by atomic mass is 35.5. The Balaban J connectivity index is 2.37. The Morgan fingerprint density at radius 1 is 1.50 bits per heavy atom. The highest BCUT2D eigenvalue weighted by Crippen LogP contribution is 2.10. The molecule has 1 aromatic carbocycles. The predicted molar refractivity (Wildman–Crippen MR) is 69.6 cm³/mol. The molecule has 0 aromatic heterocycles. The molecule has 0 saturated heterocycles. The summed E-state index contributed by atoms with van der Waals surface area (Å²) in [5, 5.41) is 3.37. The minimum Gasteiger partial charge on any atom is -0.393 e. The molecule has 1 aromatic rings. The summed E-state index contributed by atoms with van der Waals surface area (Å²) < 4.78 is 0. The SMILES string of the molecule is NC(=S)CCNC(=O)Cc1cccc(Cl)c1. The molecule has 0 fully saturated rings. The molecule has 5 heteroatoms. The smallest absolute Gasteiger partial charge is 0.224 e. The molecule has 86 valence electrons. The molecule has 1 rings (SSSR count). The normalized spacial score (nSPS) is 9.81. The first-order valence-corrected chi connectivity index (χ1v) is 5.66. The maximum Gasteiger partial charge on any atom is 0.224 e. The summed E-state index contributed by atoms with van der Waals surface area (Å²) in [4.78, 5) is 11.9. The second-order valence-electron chi connectivity index (χ2n) is 3.37. The molecule has 0 saturated carbocycles. The maximum atomic E-state index is 11.5. The summed E-state index contributed by atoms with van der Waals surface area (Å²) in [5.41, 5.74) is 6.20. The van der Waals surface area contributed by atoms with Crippen molar-refractivity contribution in [3.05, 3.63) is 34.9 Å². The van der Waals surface area contributed by atoms with Gasteiger partial charge in [-0.25, -0.2) is 0 Å². The average Bonchev–Trinajstić information content (AvgIpc) is 2.16. The molecular weight excluding hydrogens is 244 g/mol. The van der Waals surface area contributed by atoms with Crippen molar-refractivity contribution in [3.63, 3.8) is 0 Å². The Kier molecular flexibility index (Phi) is 5.22. The van der Waals surface area contributed by atoms with E-state index in [0.717, 1.165) is 5.56 Å². The maximum absolute atomic E-state index is 11.5. The molecule has 0 aliphatic rings. The van der Waals surface area contributed by atoms with Crippen LogP contribution in [0, 0.1) is 0 Å². The van der Waals surface area contributed by atoms with Gasteiger partial charge in [0.2, 0.25) is 5.91 Å². The summed E-state index contributed by atoms with van der Waals surface area (Å²) >= 11 is 10.5. The van der Waals surface area contributed by atoms with Gasteiger partial charge in [-0.15, -0.1) is 0 Å². The van der Waals surface area contributed by atoms with Crippen LogP contribution >= 0.6 is 23.8 Å². The van der Waals surface area contributed by atoms with Gasteiger partial charge in [0.15, 0.2) is 0 Å². The number of carbonyl (C=O) groups excluding carboxylic acids is 1. The molecule has 3 N–H and O–H groups in total. The third-order valence-electron chi connectivity index (χ3n) is 1.95. The Labute approximate surface area is 105 Å². The first-order valence-electron chi connectivity index (χ1n) is 4.87. The van der Waals surface area contributed by atoms with Crippen LogP contribution in [-0.4, -0.2) is 17.4 Å². The van der Waals surface area contributed by atoms with E-state index in [1.54, 1.807) is 12.1 Å². The van der Waals surface area contributed by atoms with Gasteiger partial charge in [-0.05, 0) is 17.7 Å². The Hall–Kier alpha value is -1.13. The van der Waals surface area contributed by atoms with E-state index in [2.05, 4.69) is 5.32 Å². The van der Waals surface area contributed by atoms with Crippen molar-refractivity contribution < 1.29 is 4.79 Å². The van der Waals surface area contributed by atoms with Crippen LogP contribution < -0.4 is 11.1 Å². The second-order valence-corrected chi connectivity index (χ2v) is 4.33. The van der Waals surface area contributed by atoms with Crippen LogP contribution in [0.2, 0.25) is 5.02 Å². The van der Waals surface area contributed by atoms with Gasteiger partial charge in [0.25, 0.3) is 0 Å². The first-order chi connectivity index (χ1) is 7.58. The lowest BCUT2D eigenvalue weighted by Gasteiger charge is -2.04. The van der Waals surface area contributed by atoms with E-state index in [1.807, 2.05) is 12.1 Å². The summed E-state index contributed by atoms with van der Waals surface area (Å²) in [6, 6.07) is 7.23. The molecule has 3 nitrogen and oxygen atoms in total. The van der Waals surface area contributed by atoms with Crippen LogP contribution in [0.25, 0.3) is 0 Å². The lowest BCUT2D eigenvalue weighted by molar-refractivity contribution is -0.120. The van der Waals surface area contributed by atoms with Crippen molar-refractivity contribution in [3.8, 4) is 0 Å². The van der Waals surface area contributed by atoms with Crippen molar-refractivity contribution in [2.24, 2.45) is 5.73 Å². The standard InChI is InChI=1S/C11H13ClN2OS/c12-9-3-1-2-8(6-9)7-11(15)14-5-4-10(13)16/h1-3,6H,4-5,7H2,(H2,13,16)(H,14,15). The number of carbonyl (C=O) groups is 1. The van der Waals surface area contributed by atoms with Crippen molar-refractivity contribution >= 4 is 34.7 Å². The van der Waals surface area contributed by atoms with Crippen molar-refractivity contribution in [2.75, 3.05) is 6.54 Å². The topological polar surface area (TPSA) is 55.1 Å². The molecule has 0 heterocycles. The van der Waals surface area contributed by atoms with E-state index in [1.165, 1.54) is 0 Å². The molecule has 0 aliphatic heterocycles. The van der Waals surface area contributed by atoms with Crippen molar-refractivity contribution in [2.45, 2.75) is 12.8 Å². The third kappa shape index (κ3) is 5.09. The third-order valence-corrected chi connectivity index (χ3v) is 2.39. The van der Waals surface area contributed by atoms with Crippen molar-refractivity contribution in [1.29, 1.82) is 0 Å². The van der Waals surface area contributed by atoms with Crippen LogP contribution in [0.5, 0.6) is 0 Å². The zero-order valence-electron chi connectivity index (χ0n) is 8.70. The van der Waals surface area contributed by atoms with Gasteiger partial charge in [-0.3, -0.25) is 4.79 Å². The minimum atomic E-state index is -0.0569. The fourth-order valence-corrected chi connectivity index (χ4v) is 1.53. The monoisotopic (exact) mass is 256 g/mol. The number of amides is 1. The molecule has 0 unspecified atom stereocenters. The summed E-state index contributed by atoms with van der Waals surface area (Å²) in [6.07, 6.45) is 0.842. The zero-order valence-corrected chi connectivity index (χ0v) is 10.3. The van der Waals surface area contributed by atoms with Crippen LogP contribution in [0.15, 0.2) is 24.3 Å². The molecule has 16 heavy (non-hydrogen) atoms.